The van der Waals surface area contributed by atoms with Gasteiger partial charge in [-0.15, -0.1) is 0 Å². The van der Waals surface area contributed by atoms with Crippen LogP contribution in [-0.4, -0.2) is 6.54 Å². The minimum absolute atomic E-state index is 1.06. The Labute approximate surface area is 127 Å². The Morgan fingerprint density at radius 2 is 1.05 bits per heavy atom. The normalized spacial score (nSPS) is 11.2. The first kappa shape index (κ1) is 19.3. The minimum atomic E-state index is 1.06. The number of nitrogens with one attached hydrogen (secondary N) is 1. The number of hydrogen-bond donors (Lipinski definition) is 2. The second-order valence-electron chi connectivity index (χ2n) is 5.91. The number of hydrogen-bond acceptors (Lipinski definition) is 2. The minimum Gasteiger partial charge on any atom is -0.403 e. The van der Waals surface area contributed by atoms with Crippen LogP contribution >= 0.6 is 0 Å². The van der Waals surface area contributed by atoms with Crippen molar-refractivity contribution in [2.24, 2.45) is 5.73 Å². The van der Waals surface area contributed by atoms with Crippen LogP contribution in [0.4, 0.5) is 0 Å². The summed E-state index contributed by atoms with van der Waals surface area (Å²) in [6, 6.07) is 0. The van der Waals surface area contributed by atoms with Crippen molar-refractivity contribution >= 4 is 0 Å². The molecule has 3 N–H and O–H groups in total. The molecule has 120 valence electrons. The zero-order valence-corrected chi connectivity index (χ0v) is 13.8. The highest BCUT2D eigenvalue weighted by Crippen LogP contribution is 2.12. The monoisotopic (exact) mass is 282 g/mol. The van der Waals surface area contributed by atoms with Crippen LogP contribution in [0, 0.1) is 0 Å². The van der Waals surface area contributed by atoms with E-state index in [9.17, 15) is 0 Å². The van der Waals surface area contributed by atoms with E-state index >= 15 is 0 Å². The molecule has 0 aromatic heterocycles. The third-order valence-electron chi connectivity index (χ3n) is 3.89. The summed E-state index contributed by atoms with van der Waals surface area (Å²) in [6.07, 6.45) is 23.2. The van der Waals surface area contributed by atoms with Gasteiger partial charge in [0, 0.05) is 18.9 Å². The maximum atomic E-state index is 5.25. The molecule has 0 heterocycles. The van der Waals surface area contributed by atoms with Crippen molar-refractivity contribution in [1.29, 1.82) is 0 Å². The van der Waals surface area contributed by atoms with Crippen molar-refractivity contribution in [3.63, 3.8) is 0 Å². The van der Waals surface area contributed by atoms with E-state index in [1.807, 2.05) is 6.20 Å². The van der Waals surface area contributed by atoms with Crippen molar-refractivity contribution < 1.29 is 0 Å². The van der Waals surface area contributed by atoms with Crippen LogP contribution in [0.5, 0.6) is 0 Å². The van der Waals surface area contributed by atoms with E-state index in [1.165, 1.54) is 89.9 Å². The van der Waals surface area contributed by atoms with Crippen LogP contribution in [0.25, 0.3) is 0 Å². The quantitative estimate of drug-likeness (QED) is 0.367. The molecule has 2 nitrogen and oxygen atoms in total. The average molecular weight is 283 g/mol. The van der Waals surface area contributed by atoms with E-state index in [2.05, 4.69) is 12.2 Å². The lowest BCUT2D eigenvalue weighted by Gasteiger charge is -2.03. The van der Waals surface area contributed by atoms with Crippen LogP contribution in [0.15, 0.2) is 12.4 Å². The SMILES string of the molecule is CCCCCCCCCCCCCCCCN/C=C/N. The van der Waals surface area contributed by atoms with Gasteiger partial charge < -0.3 is 11.1 Å². The molecule has 0 aliphatic rings. The van der Waals surface area contributed by atoms with E-state index in [4.69, 9.17) is 5.73 Å². The molecule has 0 rings (SSSR count). The number of rotatable bonds is 16. The predicted molar refractivity (Wildman–Crippen MR) is 91.6 cm³/mol. The summed E-state index contributed by atoms with van der Waals surface area (Å²) in [5, 5.41) is 3.17. The maximum Gasteiger partial charge on any atom is 0.0141 e. The van der Waals surface area contributed by atoms with E-state index in [1.54, 1.807) is 6.20 Å². The first-order valence-corrected chi connectivity index (χ1v) is 9.02. The molecule has 0 unspecified atom stereocenters. The Hall–Kier alpha value is -0.660. The Morgan fingerprint density at radius 1 is 0.650 bits per heavy atom. The van der Waals surface area contributed by atoms with Gasteiger partial charge in [-0.1, -0.05) is 90.4 Å². The van der Waals surface area contributed by atoms with Crippen LogP contribution in [-0.2, 0) is 0 Å². The van der Waals surface area contributed by atoms with Crippen molar-refractivity contribution in [3.05, 3.63) is 12.4 Å². The van der Waals surface area contributed by atoms with E-state index < -0.39 is 0 Å². The highest BCUT2D eigenvalue weighted by molar-refractivity contribution is 4.71. The standard InChI is InChI=1S/C18H38N2/c1-2-3-4-5-6-7-8-9-10-11-12-13-14-15-17-20-18-16-19/h16,18,20H,2-15,17,19H2,1H3/b18-16+. The number of unbranched alkanes of at least 4 members (excludes halogenated alkanes) is 13. The van der Waals surface area contributed by atoms with Crippen molar-refractivity contribution in [2.75, 3.05) is 6.54 Å². The molecular weight excluding hydrogens is 244 g/mol. The third kappa shape index (κ3) is 17.3. The highest BCUT2D eigenvalue weighted by Gasteiger charge is 1.93. The molecule has 0 saturated carbocycles. The predicted octanol–water partition coefficient (Wildman–Crippen LogP) is 5.49. The Bertz CT molecular complexity index is 190. The van der Waals surface area contributed by atoms with Crippen LogP contribution in [0.3, 0.4) is 0 Å². The fraction of sp³-hybridized carbons (Fsp3) is 0.889. The molecular formula is C18H38N2. The maximum absolute atomic E-state index is 5.25. The second-order valence-corrected chi connectivity index (χ2v) is 5.91. The van der Waals surface area contributed by atoms with Gasteiger partial charge in [0.1, 0.15) is 0 Å². The fourth-order valence-electron chi connectivity index (χ4n) is 2.57. The molecule has 0 aromatic rings. The van der Waals surface area contributed by atoms with E-state index in [0.29, 0.717) is 0 Å². The molecule has 0 amide bonds. The van der Waals surface area contributed by atoms with Gasteiger partial charge in [0.25, 0.3) is 0 Å². The molecule has 0 radical (unpaired) electrons. The van der Waals surface area contributed by atoms with Gasteiger partial charge >= 0.3 is 0 Å². The molecule has 0 atom stereocenters. The fourth-order valence-corrected chi connectivity index (χ4v) is 2.57. The molecule has 0 aromatic carbocycles. The third-order valence-corrected chi connectivity index (χ3v) is 3.89. The molecule has 0 bridgehead atoms. The molecule has 0 saturated heterocycles. The lowest BCUT2D eigenvalue weighted by Crippen LogP contribution is -2.07. The van der Waals surface area contributed by atoms with Gasteiger partial charge in [-0.05, 0) is 6.42 Å². The summed E-state index contributed by atoms with van der Waals surface area (Å²) in [6.45, 7) is 3.35. The zero-order valence-electron chi connectivity index (χ0n) is 13.8. The van der Waals surface area contributed by atoms with E-state index in [-0.39, 0.29) is 0 Å². The van der Waals surface area contributed by atoms with Crippen molar-refractivity contribution in [3.8, 4) is 0 Å². The topological polar surface area (TPSA) is 38.0 Å². The Morgan fingerprint density at radius 3 is 1.45 bits per heavy atom. The molecule has 0 spiro atoms. The molecule has 20 heavy (non-hydrogen) atoms. The highest BCUT2D eigenvalue weighted by atomic mass is 14.8. The van der Waals surface area contributed by atoms with Crippen molar-refractivity contribution in [1.82, 2.24) is 5.32 Å². The first-order chi connectivity index (χ1) is 9.91. The first-order valence-electron chi connectivity index (χ1n) is 9.02. The zero-order chi connectivity index (χ0) is 14.7. The van der Waals surface area contributed by atoms with Crippen LogP contribution in [0.1, 0.15) is 96.8 Å². The number of nitrogens with two attached hydrogens (primary N) is 1. The van der Waals surface area contributed by atoms with Gasteiger partial charge in [0.05, 0.1) is 0 Å². The van der Waals surface area contributed by atoms with Crippen molar-refractivity contribution in [2.45, 2.75) is 96.8 Å². The largest absolute Gasteiger partial charge is 0.403 e. The van der Waals surface area contributed by atoms with Gasteiger partial charge in [0.2, 0.25) is 0 Å². The molecule has 0 aliphatic carbocycles. The second kappa shape index (κ2) is 18.3. The summed E-state index contributed by atoms with van der Waals surface area (Å²) >= 11 is 0. The van der Waals surface area contributed by atoms with Gasteiger partial charge in [-0.3, -0.25) is 0 Å². The van der Waals surface area contributed by atoms with Crippen LogP contribution in [0.2, 0.25) is 0 Å². The summed E-state index contributed by atoms with van der Waals surface area (Å²) in [7, 11) is 0. The summed E-state index contributed by atoms with van der Waals surface area (Å²) in [5.41, 5.74) is 5.25. The Balaban J connectivity index is 2.92. The van der Waals surface area contributed by atoms with E-state index in [0.717, 1.165) is 6.54 Å². The van der Waals surface area contributed by atoms with Gasteiger partial charge in [-0.2, -0.15) is 0 Å². The lowest BCUT2D eigenvalue weighted by molar-refractivity contribution is 0.534. The molecule has 2 heteroatoms. The average Bonchev–Trinajstić information content (AvgIpc) is 2.47. The van der Waals surface area contributed by atoms with Gasteiger partial charge in [0.15, 0.2) is 0 Å². The molecule has 0 fully saturated rings. The summed E-state index contributed by atoms with van der Waals surface area (Å²) < 4.78 is 0. The lowest BCUT2D eigenvalue weighted by atomic mass is 10.0. The smallest absolute Gasteiger partial charge is 0.0141 e. The summed E-state index contributed by atoms with van der Waals surface area (Å²) in [4.78, 5) is 0. The van der Waals surface area contributed by atoms with Gasteiger partial charge in [-0.25, -0.2) is 0 Å². The summed E-state index contributed by atoms with van der Waals surface area (Å²) in [5.74, 6) is 0. The van der Waals surface area contributed by atoms with Crippen LogP contribution < -0.4 is 11.1 Å². The molecule has 0 aliphatic heterocycles. The Kier molecular flexibility index (Phi) is 17.7.